The number of nitrogens with zero attached hydrogens (tertiary/aromatic N) is 1. The monoisotopic (exact) mass is 469 g/mol. The molecule has 0 aromatic heterocycles. The highest BCUT2D eigenvalue weighted by atomic mass is 32.2. The van der Waals surface area contributed by atoms with Crippen LogP contribution in [-0.4, -0.2) is 17.0 Å². The van der Waals surface area contributed by atoms with Crippen LogP contribution in [0.4, 0.5) is 11.4 Å². The third kappa shape index (κ3) is 5.66. The highest BCUT2D eigenvalue weighted by Crippen LogP contribution is 2.33. The molecule has 0 spiro atoms. The number of hydrogen-bond acceptors (Lipinski definition) is 4. The van der Waals surface area contributed by atoms with Gasteiger partial charge in [-0.3, -0.25) is 9.69 Å². The van der Waals surface area contributed by atoms with Gasteiger partial charge in [0.1, 0.15) is 12.4 Å². The van der Waals surface area contributed by atoms with Crippen molar-refractivity contribution in [2.45, 2.75) is 23.3 Å². The molecule has 0 aliphatic carbocycles. The molecule has 0 aliphatic heterocycles. The summed E-state index contributed by atoms with van der Waals surface area (Å²) < 4.78 is 5.84. The Labute approximate surface area is 202 Å². The van der Waals surface area contributed by atoms with Gasteiger partial charge in [-0.25, -0.2) is 4.79 Å². The molecule has 4 aromatic carbocycles. The highest BCUT2D eigenvalue weighted by molar-refractivity contribution is 7.99. The average molecular weight is 470 g/mol. The minimum absolute atomic E-state index is 0.0747. The van der Waals surface area contributed by atoms with Gasteiger partial charge < -0.3 is 9.84 Å². The number of carboxylic acid groups (broad SMARTS) is 1. The van der Waals surface area contributed by atoms with Gasteiger partial charge in [-0.15, -0.1) is 0 Å². The molecule has 34 heavy (non-hydrogen) atoms. The van der Waals surface area contributed by atoms with Crippen LogP contribution in [0.3, 0.4) is 0 Å². The van der Waals surface area contributed by atoms with Crippen molar-refractivity contribution in [2.75, 3.05) is 4.90 Å². The maximum absolute atomic E-state index is 12.4. The van der Waals surface area contributed by atoms with Gasteiger partial charge in [0.2, 0.25) is 5.91 Å². The zero-order valence-corrected chi connectivity index (χ0v) is 19.4. The van der Waals surface area contributed by atoms with Gasteiger partial charge in [-0.05, 0) is 66.2 Å². The van der Waals surface area contributed by atoms with E-state index in [0.717, 1.165) is 21.1 Å². The summed E-state index contributed by atoms with van der Waals surface area (Å²) in [5, 5.41) is 9.51. The Hall–Kier alpha value is -4.03. The van der Waals surface area contributed by atoms with Crippen molar-refractivity contribution in [3.8, 4) is 5.75 Å². The molecule has 0 radical (unpaired) electrons. The number of carbonyl (C=O) groups is 2. The fourth-order valence-electron chi connectivity index (χ4n) is 3.48. The molecule has 0 saturated carbocycles. The molecule has 0 heterocycles. The largest absolute Gasteiger partial charge is 0.489 e. The minimum Gasteiger partial charge on any atom is -0.489 e. The zero-order valence-electron chi connectivity index (χ0n) is 18.5. The van der Waals surface area contributed by atoms with E-state index in [4.69, 9.17) is 4.74 Å². The number of carbonyl (C=O) groups excluding carboxylic acids is 1. The Kier molecular flexibility index (Phi) is 7.30. The number of amides is 1. The van der Waals surface area contributed by atoms with Crippen LogP contribution in [0.1, 0.15) is 22.8 Å². The Morgan fingerprint density at radius 3 is 2.00 bits per heavy atom. The van der Waals surface area contributed by atoms with Crippen molar-refractivity contribution in [3.63, 3.8) is 0 Å². The maximum Gasteiger partial charge on any atom is 0.337 e. The van der Waals surface area contributed by atoms with Crippen molar-refractivity contribution in [1.29, 1.82) is 0 Å². The fourth-order valence-corrected chi connectivity index (χ4v) is 4.30. The molecule has 0 unspecified atom stereocenters. The summed E-state index contributed by atoms with van der Waals surface area (Å²) in [6.45, 7) is 1.94. The number of rotatable bonds is 8. The van der Waals surface area contributed by atoms with E-state index < -0.39 is 5.97 Å². The van der Waals surface area contributed by atoms with Gasteiger partial charge in [-0.2, -0.15) is 0 Å². The minimum atomic E-state index is -1.08. The van der Waals surface area contributed by atoms with Crippen molar-refractivity contribution >= 4 is 35.0 Å². The van der Waals surface area contributed by atoms with Crippen molar-refractivity contribution in [3.05, 3.63) is 114 Å². The molecule has 0 fully saturated rings. The molecule has 6 heteroatoms. The smallest absolute Gasteiger partial charge is 0.337 e. The SMILES string of the molecule is CC(=O)N(c1ccc(Sc2ccc(OCc3ccccc3)cc2)cc1)c1ccccc1C(=O)O. The number of carboxylic acids is 1. The van der Waals surface area contributed by atoms with Crippen LogP contribution >= 0.6 is 11.8 Å². The molecule has 5 nitrogen and oxygen atoms in total. The maximum atomic E-state index is 12.4. The first-order valence-corrected chi connectivity index (χ1v) is 11.5. The Morgan fingerprint density at radius 2 is 1.38 bits per heavy atom. The van der Waals surface area contributed by atoms with Crippen molar-refractivity contribution in [2.24, 2.45) is 0 Å². The number of para-hydroxylation sites is 1. The quantitative estimate of drug-likeness (QED) is 0.307. The van der Waals surface area contributed by atoms with E-state index in [2.05, 4.69) is 0 Å². The van der Waals surface area contributed by atoms with Crippen LogP contribution in [0.2, 0.25) is 0 Å². The van der Waals surface area contributed by atoms with Gasteiger partial charge >= 0.3 is 5.97 Å². The van der Waals surface area contributed by atoms with Crippen LogP contribution in [0, 0.1) is 0 Å². The van der Waals surface area contributed by atoms with Gasteiger partial charge in [-0.1, -0.05) is 54.2 Å². The summed E-state index contributed by atoms with van der Waals surface area (Å²) in [6.07, 6.45) is 0. The Balaban J connectivity index is 1.45. The van der Waals surface area contributed by atoms with E-state index in [1.165, 1.54) is 17.9 Å². The standard InChI is InChI=1S/C28H23NO4S/c1-20(30)29(27-10-6-5-9-26(27)28(31)32)22-11-15-24(16-12-22)34-25-17-13-23(14-18-25)33-19-21-7-3-2-4-8-21/h2-18H,19H2,1H3,(H,31,32). The second-order valence-corrected chi connectivity index (χ2v) is 8.67. The first-order valence-electron chi connectivity index (χ1n) is 10.7. The number of hydrogen-bond donors (Lipinski definition) is 1. The molecule has 170 valence electrons. The first kappa shape index (κ1) is 23.1. The molecule has 1 amide bonds. The lowest BCUT2D eigenvalue weighted by molar-refractivity contribution is -0.115. The molecule has 4 aromatic rings. The Morgan fingerprint density at radius 1 is 0.794 bits per heavy atom. The number of aromatic carboxylic acids is 1. The summed E-state index contributed by atoms with van der Waals surface area (Å²) in [5.74, 6) is -0.539. The van der Waals surface area contributed by atoms with Crippen LogP contribution in [-0.2, 0) is 11.4 Å². The highest BCUT2D eigenvalue weighted by Gasteiger charge is 2.20. The van der Waals surface area contributed by atoms with E-state index in [1.54, 1.807) is 30.0 Å². The second kappa shape index (κ2) is 10.7. The summed E-state index contributed by atoms with van der Waals surface area (Å²) in [5.41, 5.74) is 2.14. The van der Waals surface area contributed by atoms with E-state index in [9.17, 15) is 14.7 Å². The summed E-state index contributed by atoms with van der Waals surface area (Å²) in [4.78, 5) is 27.5. The molecule has 1 N–H and O–H groups in total. The second-order valence-electron chi connectivity index (χ2n) is 7.52. The first-order chi connectivity index (χ1) is 16.5. The zero-order chi connectivity index (χ0) is 23.9. The Bertz CT molecular complexity index is 1270. The van der Waals surface area contributed by atoms with Crippen LogP contribution < -0.4 is 9.64 Å². The van der Waals surface area contributed by atoms with Gasteiger partial charge in [0.05, 0.1) is 11.3 Å². The predicted octanol–water partition coefficient (Wildman–Crippen LogP) is 6.80. The van der Waals surface area contributed by atoms with Crippen LogP contribution in [0.5, 0.6) is 5.75 Å². The molecular formula is C28H23NO4S. The van der Waals surface area contributed by atoms with E-state index in [0.29, 0.717) is 18.0 Å². The molecule has 0 aliphatic rings. The van der Waals surface area contributed by atoms with E-state index in [-0.39, 0.29) is 11.5 Å². The normalized spacial score (nSPS) is 10.5. The van der Waals surface area contributed by atoms with Gasteiger partial charge in [0.25, 0.3) is 0 Å². The van der Waals surface area contributed by atoms with Gasteiger partial charge in [0, 0.05) is 22.4 Å². The number of ether oxygens (including phenoxy) is 1. The topological polar surface area (TPSA) is 66.8 Å². The summed E-state index contributed by atoms with van der Waals surface area (Å²) >= 11 is 1.59. The molecule has 4 rings (SSSR count). The number of benzene rings is 4. The van der Waals surface area contributed by atoms with Crippen molar-refractivity contribution < 1.29 is 19.4 Å². The average Bonchev–Trinajstić information content (AvgIpc) is 2.85. The third-order valence-corrected chi connectivity index (χ3v) is 6.11. The third-order valence-electron chi connectivity index (χ3n) is 5.09. The van der Waals surface area contributed by atoms with Crippen LogP contribution in [0.15, 0.2) is 113 Å². The summed E-state index contributed by atoms with van der Waals surface area (Å²) in [6, 6.07) is 31.9. The molecule has 0 atom stereocenters. The lowest BCUT2D eigenvalue weighted by atomic mass is 10.1. The lowest BCUT2D eigenvalue weighted by Crippen LogP contribution is -2.24. The molecule has 0 saturated heterocycles. The van der Waals surface area contributed by atoms with E-state index >= 15 is 0 Å². The van der Waals surface area contributed by atoms with E-state index in [1.807, 2.05) is 78.9 Å². The molecular weight excluding hydrogens is 446 g/mol. The fraction of sp³-hybridized carbons (Fsp3) is 0.0714. The molecule has 0 bridgehead atoms. The van der Waals surface area contributed by atoms with Crippen molar-refractivity contribution in [1.82, 2.24) is 0 Å². The lowest BCUT2D eigenvalue weighted by Gasteiger charge is -2.23. The summed E-state index contributed by atoms with van der Waals surface area (Å²) in [7, 11) is 0. The number of anilines is 2. The van der Waals surface area contributed by atoms with Crippen LogP contribution in [0.25, 0.3) is 0 Å². The predicted molar refractivity (Wildman–Crippen MR) is 134 cm³/mol. The van der Waals surface area contributed by atoms with Gasteiger partial charge in [0.15, 0.2) is 0 Å².